The first-order chi connectivity index (χ1) is 7.28. The number of nitrogens with two attached hydrogens (primary N) is 1. The molecule has 4 heteroatoms. The van der Waals surface area contributed by atoms with Crippen LogP contribution in [-0.4, -0.2) is 14.9 Å². The summed E-state index contributed by atoms with van der Waals surface area (Å²) in [7, 11) is 0. The Morgan fingerprint density at radius 2 is 2.20 bits per heavy atom. The maximum absolute atomic E-state index is 9.29. The lowest BCUT2D eigenvalue weighted by Gasteiger charge is -2.02. The fraction of sp³-hybridized carbons (Fsp3) is 0.182. The van der Waals surface area contributed by atoms with Crippen molar-refractivity contribution in [3.63, 3.8) is 0 Å². The molecule has 0 fully saturated rings. The van der Waals surface area contributed by atoms with E-state index in [1.165, 1.54) is 0 Å². The standard InChI is InChI=1S/C11H13N3O/c12-7-10-4-5-14(13-10)8-9-2-1-3-11(15)6-9/h1-6,15H,7-8,12H2. The van der Waals surface area contributed by atoms with Gasteiger partial charge in [0.1, 0.15) is 5.75 Å². The smallest absolute Gasteiger partial charge is 0.115 e. The highest BCUT2D eigenvalue weighted by Crippen LogP contribution is 2.11. The largest absolute Gasteiger partial charge is 0.508 e. The number of rotatable bonds is 3. The number of phenolic OH excluding ortho intramolecular Hbond substituents is 1. The molecule has 1 heterocycles. The van der Waals surface area contributed by atoms with E-state index in [0.29, 0.717) is 13.1 Å². The fourth-order valence-electron chi connectivity index (χ4n) is 1.44. The summed E-state index contributed by atoms with van der Waals surface area (Å²) in [6, 6.07) is 9.03. The molecule has 0 saturated heterocycles. The van der Waals surface area contributed by atoms with Crippen LogP contribution in [0.3, 0.4) is 0 Å². The van der Waals surface area contributed by atoms with Gasteiger partial charge in [-0.05, 0) is 23.8 Å². The third-order valence-electron chi connectivity index (χ3n) is 2.16. The minimum absolute atomic E-state index is 0.277. The van der Waals surface area contributed by atoms with E-state index >= 15 is 0 Å². The highest BCUT2D eigenvalue weighted by atomic mass is 16.3. The van der Waals surface area contributed by atoms with Crippen molar-refractivity contribution >= 4 is 0 Å². The predicted molar refractivity (Wildman–Crippen MR) is 57.3 cm³/mol. The lowest BCUT2D eigenvalue weighted by atomic mass is 10.2. The van der Waals surface area contributed by atoms with E-state index in [-0.39, 0.29) is 5.75 Å². The van der Waals surface area contributed by atoms with Crippen molar-refractivity contribution in [2.45, 2.75) is 13.1 Å². The van der Waals surface area contributed by atoms with Crippen molar-refractivity contribution in [2.24, 2.45) is 5.73 Å². The van der Waals surface area contributed by atoms with Crippen LogP contribution in [0.2, 0.25) is 0 Å². The van der Waals surface area contributed by atoms with Crippen molar-refractivity contribution in [3.05, 3.63) is 47.8 Å². The minimum Gasteiger partial charge on any atom is -0.508 e. The Morgan fingerprint density at radius 3 is 2.87 bits per heavy atom. The van der Waals surface area contributed by atoms with E-state index in [1.54, 1.807) is 16.8 Å². The van der Waals surface area contributed by atoms with Gasteiger partial charge in [0, 0.05) is 12.7 Å². The molecule has 0 bridgehead atoms. The van der Waals surface area contributed by atoms with Crippen LogP contribution < -0.4 is 5.73 Å². The van der Waals surface area contributed by atoms with Crippen molar-refractivity contribution in [2.75, 3.05) is 0 Å². The molecule has 1 aromatic heterocycles. The molecular formula is C11H13N3O. The van der Waals surface area contributed by atoms with Crippen molar-refractivity contribution in [3.8, 4) is 5.75 Å². The molecule has 0 spiro atoms. The highest BCUT2D eigenvalue weighted by Gasteiger charge is 1.99. The Kier molecular flexibility index (Phi) is 2.69. The van der Waals surface area contributed by atoms with Crippen molar-refractivity contribution in [1.29, 1.82) is 0 Å². The van der Waals surface area contributed by atoms with Gasteiger partial charge in [-0.15, -0.1) is 0 Å². The molecule has 4 nitrogen and oxygen atoms in total. The summed E-state index contributed by atoms with van der Waals surface area (Å²) < 4.78 is 1.80. The quantitative estimate of drug-likeness (QED) is 0.785. The fourth-order valence-corrected chi connectivity index (χ4v) is 1.44. The van der Waals surface area contributed by atoms with Gasteiger partial charge in [-0.1, -0.05) is 12.1 Å². The Labute approximate surface area is 88.0 Å². The number of hydrogen-bond acceptors (Lipinski definition) is 3. The zero-order valence-electron chi connectivity index (χ0n) is 8.30. The first-order valence-corrected chi connectivity index (χ1v) is 4.78. The van der Waals surface area contributed by atoms with Gasteiger partial charge < -0.3 is 10.8 Å². The summed E-state index contributed by atoms with van der Waals surface area (Å²) in [5.41, 5.74) is 7.35. The molecule has 0 radical (unpaired) electrons. The van der Waals surface area contributed by atoms with Crippen molar-refractivity contribution in [1.82, 2.24) is 9.78 Å². The molecule has 0 unspecified atom stereocenters. The Morgan fingerprint density at radius 1 is 1.33 bits per heavy atom. The summed E-state index contributed by atoms with van der Waals surface area (Å²) in [6.45, 7) is 1.10. The average Bonchev–Trinajstić information content (AvgIpc) is 2.65. The summed E-state index contributed by atoms with van der Waals surface area (Å²) in [5.74, 6) is 0.277. The van der Waals surface area contributed by atoms with E-state index in [4.69, 9.17) is 5.73 Å². The predicted octanol–water partition coefficient (Wildman–Crippen LogP) is 1.10. The first kappa shape index (κ1) is 9.73. The first-order valence-electron chi connectivity index (χ1n) is 4.78. The van der Waals surface area contributed by atoms with Crippen LogP contribution in [0.5, 0.6) is 5.75 Å². The van der Waals surface area contributed by atoms with Gasteiger partial charge in [0.2, 0.25) is 0 Å². The van der Waals surface area contributed by atoms with Crippen LogP contribution in [0, 0.1) is 0 Å². The molecule has 0 atom stereocenters. The van der Waals surface area contributed by atoms with Gasteiger partial charge in [-0.25, -0.2) is 0 Å². The molecule has 1 aromatic carbocycles. The number of phenols is 1. The average molecular weight is 203 g/mol. The molecular weight excluding hydrogens is 190 g/mol. The molecule has 3 N–H and O–H groups in total. The lowest BCUT2D eigenvalue weighted by molar-refractivity contribution is 0.474. The third-order valence-corrected chi connectivity index (χ3v) is 2.16. The van der Waals surface area contributed by atoms with Crippen LogP contribution in [0.15, 0.2) is 36.5 Å². The van der Waals surface area contributed by atoms with E-state index in [0.717, 1.165) is 11.3 Å². The summed E-state index contributed by atoms with van der Waals surface area (Å²) in [4.78, 5) is 0. The number of nitrogens with zero attached hydrogens (tertiary/aromatic N) is 2. The van der Waals surface area contributed by atoms with Gasteiger partial charge in [0.15, 0.2) is 0 Å². The van der Waals surface area contributed by atoms with Gasteiger partial charge in [-0.3, -0.25) is 4.68 Å². The molecule has 15 heavy (non-hydrogen) atoms. The second kappa shape index (κ2) is 4.14. The van der Waals surface area contributed by atoms with Crippen LogP contribution >= 0.6 is 0 Å². The van der Waals surface area contributed by atoms with E-state index in [1.807, 2.05) is 24.4 Å². The topological polar surface area (TPSA) is 64.1 Å². The Balaban J connectivity index is 2.14. The second-order valence-corrected chi connectivity index (χ2v) is 3.38. The zero-order chi connectivity index (χ0) is 10.7. The monoisotopic (exact) mass is 203 g/mol. The molecule has 0 amide bonds. The van der Waals surface area contributed by atoms with Gasteiger partial charge in [0.25, 0.3) is 0 Å². The van der Waals surface area contributed by atoms with Crippen LogP contribution in [-0.2, 0) is 13.1 Å². The third kappa shape index (κ3) is 2.35. The van der Waals surface area contributed by atoms with Crippen LogP contribution in [0.25, 0.3) is 0 Å². The molecule has 0 aliphatic carbocycles. The van der Waals surface area contributed by atoms with E-state index in [2.05, 4.69) is 5.10 Å². The maximum atomic E-state index is 9.29. The molecule has 78 valence electrons. The molecule has 0 aliphatic rings. The highest BCUT2D eigenvalue weighted by molar-refractivity contribution is 5.27. The lowest BCUT2D eigenvalue weighted by Crippen LogP contribution is -2.03. The van der Waals surface area contributed by atoms with Gasteiger partial charge in [-0.2, -0.15) is 5.10 Å². The zero-order valence-corrected chi connectivity index (χ0v) is 8.30. The van der Waals surface area contributed by atoms with E-state index < -0.39 is 0 Å². The number of benzene rings is 1. The molecule has 2 rings (SSSR count). The normalized spacial score (nSPS) is 10.5. The van der Waals surface area contributed by atoms with Gasteiger partial charge in [0.05, 0.1) is 12.2 Å². The summed E-state index contributed by atoms with van der Waals surface area (Å²) in [5, 5.41) is 13.6. The van der Waals surface area contributed by atoms with Crippen LogP contribution in [0.1, 0.15) is 11.3 Å². The van der Waals surface area contributed by atoms with E-state index in [9.17, 15) is 5.11 Å². The Bertz CT molecular complexity index is 451. The number of hydrogen-bond donors (Lipinski definition) is 2. The minimum atomic E-state index is 0.277. The Hall–Kier alpha value is -1.81. The molecule has 2 aromatic rings. The molecule has 0 saturated carbocycles. The van der Waals surface area contributed by atoms with Crippen LogP contribution in [0.4, 0.5) is 0 Å². The second-order valence-electron chi connectivity index (χ2n) is 3.38. The maximum Gasteiger partial charge on any atom is 0.115 e. The van der Waals surface area contributed by atoms with Crippen molar-refractivity contribution < 1.29 is 5.11 Å². The van der Waals surface area contributed by atoms with Gasteiger partial charge >= 0.3 is 0 Å². The number of aromatic hydroxyl groups is 1. The summed E-state index contributed by atoms with van der Waals surface area (Å²) >= 11 is 0. The SMILES string of the molecule is NCc1ccn(Cc2cccc(O)c2)n1. The number of aromatic nitrogens is 2. The molecule has 0 aliphatic heterocycles. The summed E-state index contributed by atoms with van der Waals surface area (Å²) in [6.07, 6.45) is 1.88.